The van der Waals surface area contributed by atoms with E-state index < -0.39 is 0 Å². The largest absolute Gasteiger partial charge is 0.334 e. The lowest BCUT2D eigenvalue weighted by atomic mass is 10.1. The highest BCUT2D eigenvalue weighted by Crippen LogP contribution is 2.31. The molecule has 1 aromatic carbocycles. The third-order valence-electron chi connectivity index (χ3n) is 6.16. The summed E-state index contributed by atoms with van der Waals surface area (Å²) in [4.78, 5) is 36.5. The summed E-state index contributed by atoms with van der Waals surface area (Å²) in [6, 6.07) is 16.9. The second-order valence-electron chi connectivity index (χ2n) is 8.54. The molecule has 5 rings (SSSR count). The van der Waals surface area contributed by atoms with Crippen molar-refractivity contribution in [2.75, 3.05) is 11.9 Å². The van der Waals surface area contributed by atoms with Gasteiger partial charge in [0, 0.05) is 24.5 Å². The molecule has 172 valence electrons. The zero-order valence-electron chi connectivity index (χ0n) is 19.0. The highest BCUT2D eigenvalue weighted by Gasteiger charge is 2.31. The van der Waals surface area contributed by atoms with Crippen molar-refractivity contribution < 1.29 is 9.59 Å². The standard InChI is InChI=1S/C26H26N6O2/c1-18-11-12-24(27-16-18)30-26(34)21-8-4-7-20(29-21)23-10-5-14-31(23)25(33)13-15-32-22-9-3-2-6-19(22)17-28-32/h2-4,6-9,11-12,16-17,23H,5,10,13-15H2,1H3,(H,27,30,34)/t23-/m1/s1. The molecule has 8 heteroatoms. The van der Waals surface area contributed by atoms with E-state index in [9.17, 15) is 9.59 Å². The van der Waals surface area contributed by atoms with Gasteiger partial charge in [0.25, 0.3) is 5.91 Å². The fraction of sp³-hybridized carbons (Fsp3) is 0.269. The van der Waals surface area contributed by atoms with Gasteiger partial charge in [0.2, 0.25) is 5.91 Å². The Bertz CT molecular complexity index is 1330. The van der Waals surface area contributed by atoms with Gasteiger partial charge < -0.3 is 10.2 Å². The van der Waals surface area contributed by atoms with E-state index in [0.717, 1.165) is 35.0 Å². The molecule has 0 unspecified atom stereocenters. The molecule has 1 atom stereocenters. The Morgan fingerprint density at radius 3 is 2.79 bits per heavy atom. The van der Waals surface area contributed by atoms with Gasteiger partial charge in [-0.1, -0.05) is 30.3 Å². The van der Waals surface area contributed by atoms with Gasteiger partial charge in [-0.15, -0.1) is 0 Å². The van der Waals surface area contributed by atoms with Crippen molar-refractivity contribution in [3.8, 4) is 0 Å². The first-order chi connectivity index (χ1) is 16.6. The number of hydrogen-bond donors (Lipinski definition) is 1. The van der Waals surface area contributed by atoms with Gasteiger partial charge in [0.1, 0.15) is 11.5 Å². The Balaban J connectivity index is 1.27. The minimum absolute atomic E-state index is 0.0718. The van der Waals surface area contributed by atoms with E-state index in [-0.39, 0.29) is 17.9 Å². The van der Waals surface area contributed by atoms with Crippen molar-refractivity contribution in [2.45, 2.75) is 38.8 Å². The van der Waals surface area contributed by atoms with Gasteiger partial charge in [-0.25, -0.2) is 9.97 Å². The third-order valence-corrected chi connectivity index (χ3v) is 6.16. The van der Waals surface area contributed by atoms with Crippen LogP contribution >= 0.6 is 0 Å². The van der Waals surface area contributed by atoms with Gasteiger partial charge >= 0.3 is 0 Å². The molecular weight excluding hydrogens is 428 g/mol. The van der Waals surface area contributed by atoms with Crippen LogP contribution in [0, 0.1) is 6.92 Å². The fourth-order valence-electron chi connectivity index (χ4n) is 4.41. The lowest BCUT2D eigenvalue weighted by Crippen LogP contribution is -2.32. The number of carbonyl (C=O) groups excluding carboxylic acids is 2. The molecule has 1 N–H and O–H groups in total. The van der Waals surface area contributed by atoms with Crippen LogP contribution in [0.2, 0.25) is 0 Å². The van der Waals surface area contributed by atoms with Crippen LogP contribution in [0.1, 0.15) is 47.1 Å². The molecule has 8 nitrogen and oxygen atoms in total. The van der Waals surface area contributed by atoms with Crippen LogP contribution in [0.3, 0.4) is 0 Å². The van der Waals surface area contributed by atoms with Crippen molar-refractivity contribution in [1.82, 2.24) is 24.6 Å². The summed E-state index contributed by atoms with van der Waals surface area (Å²) in [5, 5.41) is 8.27. The van der Waals surface area contributed by atoms with E-state index in [1.54, 1.807) is 18.3 Å². The Morgan fingerprint density at radius 2 is 1.94 bits per heavy atom. The minimum atomic E-state index is -0.320. The molecule has 34 heavy (non-hydrogen) atoms. The van der Waals surface area contributed by atoms with Crippen LogP contribution in [0.15, 0.2) is 67.0 Å². The Kier molecular flexibility index (Phi) is 6.03. The highest BCUT2D eigenvalue weighted by atomic mass is 16.2. The second-order valence-corrected chi connectivity index (χ2v) is 8.54. The number of nitrogens with one attached hydrogen (secondary N) is 1. The maximum atomic E-state index is 13.1. The molecule has 1 saturated heterocycles. The molecule has 1 aliphatic rings. The molecule has 0 bridgehead atoms. The first-order valence-corrected chi connectivity index (χ1v) is 11.5. The van der Waals surface area contributed by atoms with Gasteiger partial charge in [-0.05, 0) is 49.6 Å². The van der Waals surface area contributed by atoms with Crippen molar-refractivity contribution in [2.24, 2.45) is 0 Å². The van der Waals surface area contributed by atoms with E-state index in [4.69, 9.17) is 0 Å². The van der Waals surface area contributed by atoms with E-state index in [1.807, 2.05) is 65.2 Å². The number of likely N-dealkylation sites (tertiary alicyclic amines) is 1. The van der Waals surface area contributed by atoms with Crippen LogP contribution in [0.25, 0.3) is 10.9 Å². The molecule has 3 aromatic heterocycles. The molecule has 2 amide bonds. The highest BCUT2D eigenvalue weighted by molar-refractivity contribution is 6.02. The summed E-state index contributed by atoms with van der Waals surface area (Å²) < 4.78 is 1.88. The summed E-state index contributed by atoms with van der Waals surface area (Å²) in [7, 11) is 0. The average molecular weight is 455 g/mol. The number of amides is 2. The monoisotopic (exact) mass is 454 g/mol. The number of nitrogens with zero attached hydrogens (tertiary/aromatic N) is 5. The van der Waals surface area contributed by atoms with Gasteiger partial charge in [0.15, 0.2) is 0 Å². The molecule has 0 saturated carbocycles. The number of hydrogen-bond acceptors (Lipinski definition) is 5. The quantitative estimate of drug-likeness (QED) is 0.473. The lowest BCUT2D eigenvalue weighted by Gasteiger charge is -2.24. The summed E-state index contributed by atoms with van der Waals surface area (Å²) >= 11 is 0. The minimum Gasteiger partial charge on any atom is -0.334 e. The molecule has 4 aromatic rings. The number of para-hydroxylation sites is 1. The van der Waals surface area contributed by atoms with Crippen molar-refractivity contribution >= 4 is 28.5 Å². The number of carbonyl (C=O) groups is 2. The second kappa shape index (κ2) is 9.43. The van der Waals surface area contributed by atoms with E-state index in [1.165, 1.54) is 0 Å². The summed E-state index contributed by atoms with van der Waals surface area (Å²) in [6.07, 6.45) is 5.63. The number of benzene rings is 1. The number of anilines is 1. The van der Waals surface area contributed by atoms with Crippen LogP contribution in [0.4, 0.5) is 5.82 Å². The van der Waals surface area contributed by atoms with E-state index >= 15 is 0 Å². The van der Waals surface area contributed by atoms with Gasteiger partial charge in [0.05, 0.1) is 30.0 Å². The predicted octanol–water partition coefficient (Wildman–Crippen LogP) is 4.14. The Hall–Kier alpha value is -4.07. The van der Waals surface area contributed by atoms with Gasteiger partial charge in [-0.2, -0.15) is 5.10 Å². The fourth-order valence-corrected chi connectivity index (χ4v) is 4.41. The zero-order valence-corrected chi connectivity index (χ0v) is 19.0. The summed E-state index contributed by atoms with van der Waals surface area (Å²) in [5.74, 6) is 0.230. The third kappa shape index (κ3) is 4.52. The molecule has 0 aliphatic carbocycles. The lowest BCUT2D eigenvalue weighted by molar-refractivity contribution is -0.132. The average Bonchev–Trinajstić information content (AvgIpc) is 3.52. The first-order valence-electron chi connectivity index (χ1n) is 11.5. The topological polar surface area (TPSA) is 93.0 Å². The number of aromatic nitrogens is 4. The predicted molar refractivity (Wildman–Crippen MR) is 129 cm³/mol. The number of rotatable bonds is 6. The smallest absolute Gasteiger partial charge is 0.275 e. The van der Waals surface area contributed by atoms with Crippen LogP contribution < -0.4 is 5.32 Å². The number of fused-ring (bicyclic) bond motifs is 1. The van der Waals surface area contributed by atoms with Crippen molar-refractivity contribution in [3.63, 3.8) is 0 Å². The number of aryl methyl sites for hydroxylation is 2. The van der Waals surface area contributed by atoms with Crippen LogP contribution in [0.5, 0.6) is 0 Å². The van der Waals surface area contributed by atoms with Crippen molar-refractivity contribution in [3.05, 3.63) is 83.9 Å². The Labute approximate surface area is 197 Å². The van der Waals surface area contributed by atoms with Gasteiger partial charge in [-0.3, -0.25) is 14.3 Å². The molecule has 0 spiro atoms. The molecular formula is C26H26N6O2. The Morgan fingerprint density at radius 1 is 1.06 bits per heavy atom. The maximum Gasteiger partial charge on any atom is 0.275 e. The molecule has 1 aliphatic heterocycles. The first kappa shape index (κ1) is 21.8. The van der Waals surface area contributed by atoms with Crippen molar-refractivity contribution in [1.29, 1.82) is 0 Å². The maximum absolute atomic E-state index is 13.1. The summed E-state index contributed by atoms with van der Waals surface area (Å²) in [5.41, 5.74) is 3.09. The normalized spacial score (nSPS) is 15.6. The zero-order chi connectivity index (χ0) is 23.5. The molecule has 0 radical (unpaired) electrons. The summed E-state index contributed by atoms with van der Waals surface area (Å²) in [6.45, 7) is 3.15. The SMILES string of the molecule is Cc1ccc(NC(=O)c2cccc([C@H]3CCCN3C(=O)CCn3ncc4ccccc43)n2)nc1. The van der Waals surface area contributed by atoms with Crippen LogP contribution in [-0.4, -0.2) is 43.0 Å². The molecule has 4 heterocycles. The van der Waals surface area contributed by atoms with E-state index in [2.05, 4.69) is 20.4 Å². The number of pyridine rings is 2. The molecule has 1 fully saturated rings. The van der Waals surface area contributed by atoms with Crippen LogP contribution in [-0.2, 0) is 11.3 Å². The van der Waals surface area contributed by atoms with E-state index in [0.29, 0.717) is 31.0 Å².